The Balaban J connectivity index is 1.46. The van der Waals surface area contributed by atoms with Crippen LogP contribution in [0.5, 0.6) is 11.5 Å². The molecule has 2 N–H and O–H groups in total. The van der Waals surface area contributed by atoms with E-state index in [0.29, 0.717) is 18.7 Å². The highest BCUT2D eigenvalue weighted by atomic mass is 32.1. The van der Waals surface area contributed by atoms with E-state index in [1.165, 1.54) is 4.88 Å². The van der Waals surface area contributed by atoms with E-state index >= 15 is 0 Å². The van der Waals surface area contributed by atoms with Crippen LogP contribution in [0.2, 0.25) is 0 Å². The van der Waals surface area contributed by atoms with Crippen LogP contribution < -0.4 is 14.8 Å². The van der Waals surface area contributed by atoms with E-state index in [9.17, 15) is 9.90 Å². The number of rotatable bonds is 9. The summed E-state index contributed by atoms with van der Waals surface area (Å²) >= 11 is 1.69. The van der Waals surface area contributed by atoms with Crippen LogP contribution in [0.3, 0.4) is 0 Å². The summed E-state index contributed by atoms with van der Waals surface area (Å²) in [5, 5.41) is 14.2. The summed E-state index contributed by atoms with van der Waals surface area (Å²) in [7, 11) is 0. The lowest BCUT2D eigenvalue weighted by Crippen LogP contribution is -2.30. The molecule has 0 saturated heterocycles. The van der Waals surface area contributed by atoms with E-state index in [0.717, 1.165) is 24.2 Å². The van der Waals surface area contributed by atoms with Gasteiger partial charge in [-0.15, -0.1) is 11.3 Å². The van der Waals surface area contributed by atoms with Crippen LogP contribution in [0.1, 0.15) is 43.0 Å². The highest BCUT2D eigenvalue weighted by Crippen LogP contribution is 2.41. The van der Waals surface area contributed by atoms with Crippen molar-refractivity contribution in [3.05, 3.63) is 46.2 Å². The predicted molar refractivity (Wildman–Crippen MR) is 107 cm³/mol. The van der Waals surface area contributed by atoms with Gasteiger partial charge in [-0.05, 0) is 50.1 Å². The molecule has 0 bridgehead atoms. The minimum absolute atomic E-state index is 0.0378. The van der Waals surface area contributed by atoms with Crippen LogP contribution in [-0.4, -0.2) is 36.4 Å². The predicted octanol–water partition coefficient (Wildman–Crippen LogP) is 3.51. The molecule has 1 aromatic carbocycles. The molecule has 5 nitrogen and oxygen atoms in total. The number of benzene rings is 1. The third-order valence-electron chi connectivity index (χ3n) is 4.65. The number of fused-ring (bicyclic) bond motifs is 1. The number of para-hydroxylation sites is 1. The first-order valence-corrected chi connectivity index (χ1v) is 10.2. The van der Waals surface area contributed by atoms with Crippen molar-refractivity contribution in [2.45, 2.75) is 44.6 Å². The lowest BCUT2D eigenvalue weighted by atomic mass is 10.00. The van der Waals surface area contributed by atoms with Crippen LogP contribution in [0, 0.1) is 0 Å². The molecule has 3 rings (SSSR count). The Kier molecular flexibility index (Phi) is 6.39. The molecule has 1 aromatic heterocycles. The SMILES string of the molecule is CC1(C)Cc2cccc(OCC(=O)NCCC(CCO)c3cccs3)c2O1. The molecule has 0 fully saturated rings. The molecule has 1 atom stereocenters. The van der Waals surface area contributed by atoms with Gasteiger partial charge in [0.25, 0.3) is 5.91 Å². The zero-order valence-electron chi connectivity index (χ0n) is 15.9. The minimum atomic E-state index is -0.242. The molecule has 146 valence electrons. The summed E-state index contributed by atoms with van der Waals surface area (Å²) in [6, 6.07) is 9.88. The Labute approximate surface area is 164 Å². The molecule has 1 amide bonds. The Morgan fingerprint density at radius 3 is 2.93 bits per heavy atom. The highest BCUT2D eigenvalue weighted by Gasteiger charge is 2.32. The number of thiophene rings is 1. The highest BCUT2D eigenvalue weighted by molar-refractivity contribution is 7.10. The van der Waals surface area contributed by atoms with E-state index in [1.807, 2.05) is 43.5 Å². The molecule has 6 heteroatoms. The summed E-state index contributed by atoms with van der Waals surface area (Å²) in [5.74, 6) is 1.48. The largest absolute Gasteiger partial charge is 0.483 e. The zero-order valence-corrected chi connectivity index (χ0v) is 16.7. The van der Waals surface area contributed by atoms with Gasteiger partial charge in [-0.25, -0.2) is 0 Å². The average Bonchev–Trinajstić information content (AvgIpc) is 3.25. The lowest BCUT2D eigenvalue weighted by molar-refractivity contribution is -0.123. The van der Waals surface area contributed by atoms with Gasteiger partial charge in [0.15, 0.2) is 18.1 Å². The fourth-order valence-electron chi connectivity index (χ4n) is 3.39. The maximum atomic E-state index is 12.1. The number of aliphatic hydroxyl groups is 1. The van der Waals surface area contributed by atoms with Gasteiger partial charge < -0.3 is 19.9 Å². The van der Waals surface area contributed by atoms with Gasteiger partial charge in [-0.2, -0.15) is 0 Å². The number of hydrogen-bond donors (Lipinski definition) is 2. The fourth-order valence-corrected chi connectivity index (χ4v) is 4.29. The first kappa shape index (κ1) is 19.7. The second-order valence-corrected chi connectivity index (χ2v) is 8.41. The molecule has 0 spiro atoms. The quantitative estimate of drug-likeness (QED) is 0.689. The monoisotopic (exact) mass is 389 g/mol. The third-order valence-corrected chi connectivity index (χ3v) is 5.69. The summed E-state index contributed by atoms with van der Waals surface area (Å²) in [6.07, 6.45) is 2.34. The standard InChI is InChI=1S/C21H27NO4S/c1-21(2)13-16-5-3-6-17(20(16)26-21)25-14-19(24)22-10-8-15(9-11-23)18-7-4-12-27-18/h3-7,12,15,23H,8-11,13-14H2,1-2H3,(H,22,24). The molecule has 1 aliphatic rings. The Hall–Kier alpha value is -2.05. The van der Waals surface area contributed by atoms with E-state index in [1.54, 1.807) is 11.3 Å². The molecule has 2 heterocycles. The van der Waals surface area contributed by atoms with Crippen molar-refractivity contribution >= 4 is 17.2 Å². The summed E-state index contributed by atoms with van der Waals surface area (Å²) in [6.45, 7) is 4.75. The van der Waals surface area contributed by atoms with Crippen molar-refractivity contribution in [3.63, 3.8) is 0 Å². The smallest absolute Gasteiger partial charge is 0.257 e. The number of hydrogen-bond acceptors (Lipinski definition) is 5. The van der Waals surface area contributed by atoms with Crippen molar-refractivity contribution in [3.8, 4) is 11.5 Å². The number of amides is 1. The average molecular weight is 390 g/mol. The second kappa shape index (κ2) is 8.76. The van der Waals surface area contributed by atoms with E-state index < -0.39 is 0 Å². The van der Waals surface area contributed by atoms with Crippen LogP contribution in [-0.2, 0) is 11.2 Å². The van der Waals surface area contributed by atoms with Gasteiger partial charge in [0.05, 0.1) is 0 Å². The first-order chi connectivity index (χ1) is 13.0. The van der Waals surface area contributed by atoms with Crippen LogP contribution >= 0.6 is 11.3 Å². The topological polar surface area (TPSA) is 67.8 Å². The van der Waals surface area contributed by atoms with Gasteiger partial charge in [-0.1, -0.05) is 18.2 Å². The molecule has 1 unspecified atom stereocenters. The molecule has 0 aliphatic carbocycles. The molecule has 2 aromatic rings. The summed E-state index contributed by atoms with van der Waals surface area (Å²) in [4.78, 5) is 13.4. The number of carbonyl (C=O) groups is 1. The van der Waals surface area contributed by atoms with Gasteiger partial charge in [-0.3, -0.25) is 4.79 Å². The van der Waals surface area contributed by atoms with Crippen molar-refractivity contribution in [2.24, 2.45) is 0 Å². The normalized spacial score (nSPS) is 15.7. The Bertz CT molecular complexity index is 758. The number of nitrogens with one attached hydrogen (secondary N) is 1. The van der Waals surface area contributed by atoms with Gasteiger partial charge in [0.1, 0.15) is 5.60 Å². The lowest BCUT2D eigenvalue weighted by Gasteiger charge is -2.18. The summed E-state index contributed by atoms with van der Waals surface area (Å²) < 4.78 is 11.7. The van der Waals surface area contributed by atoms with Gasteiger partial charge >= 0.3 is 0 Å². The second-order valence-electron chi connectivity index (χ2n) is 7.43. The molecular formula is C21H27NO4S. The van der Waals surface area contributed by atoms with Gasteiger partial charge in [0, 0.05) is 30.0 Å². The first-order valence-electron chi connectivity index (χ1n) is 9.33. The number of carbonyl (C=O) groups excluding carboxylic acids is 1. The third kappa shape index (κ3) is 5.23. The van der Waals surface area contributed by atoms with Crippen molar-refractivity contribution < 1.29 is 19.4 Å². The minimum Gasteiger partial charge on any atom is -0.483 e. The van der Waals surface area contributed by atoms with Crippen LogP contribution in [0.15, 0.2) is 35.7 Å². The van der Waals surface area contributed by atoms with Crippen molar-refractivity contribution in [2.75, 3.05) is 19.8 Å². The Morgan fingerprint density at radius 2 is 2.19 bits per heavy atom. The number of aliphatic hydroxyl groups excluding tert-OH is 1. The van der Waals surface area contributed by atoms with Crippen molar-refractivity contribution in [1.29, 1.82) is 0 Å². The molecule has 27 heavy (non-hydrogen) atoms. The van der Waals surface area contributed by atoms with Crippen LogP contribution in [0.4, 0.5) is 0 Å². The maximum absolute atomic E-state index is 12.1. The van der Waals surface area contributed by atoms with E-state index in [4.69, 9.17) is 9.47 Å². The van der Waals surface area contributed by atoms with Crippen LogP contribution in [0.25, 0.3) is 0 Å². The molecule has 0 radical (unpaired) electrons. The molecule has 0 saturated carbocycles. The summed E-state index contributed by atoms with van der Waals surface area (Å²) in [5.41, 5.74) is 0.869. The fraction of sp³-hybridized carbons (Fsp3) is 0.476. The van der Waals surface area contributed by atoms with E-state index in [-0.39, 0.29) is 30.6 Å². The molecular weight excluding hydrogens is 362 g/mol. The van der Waals surface area contributed by atoms with Crippen molar-refractivity contribution in [1.82, 2.24) is 5.32 Å². The Morgan fingerprint density at radius 1 is 1.33 bits per heavy atom. The zero-order chi connectivity index (χ0) is 19.3. The van der Waals surface area contributed by atoms with E-state index in [2.05, 4.69) is 11.4 Å². The maximum Gasteiger partial charge on any atom is 0.257 e. The number of ether oxygens (including phenoxy) is 2. The molecule has 1 aliphatic heterocycles. The van der Waals surface area contributed by atoms with Gasteiger partial charge in [0.2, 0.25) is 0 Å².